The van der Waals surface area contributed by atoms with E-state index in [-0.39, 0.29) is 36.7 Å². The molecule has 6 heteroatoms. The van der Waals surface area contributed by atoms with Crippen LogP contribution in [0.4, 0.5) is 0 Å². The van der Waals surface area contributed by atoms with Crippen molar-refractivity contribution in [3.63, 3.8) is 0 Å². The summed E-state index contributed by atoms with van der Waals surface area (Å²) >= 11 is 0. The summed E-state index contributed by atoms with van der Waals surface area (Å²) < 4.78 is 6.98. The molecule has 0 saturated carbocycles. The van der Waals surface area contributed by atoms with Crippen LogP contribution in [0.1, 0.15) is 73.6 Å². The summed E-state index contributed by atoms with van der Waals surface area (Å²) in [4.78, 5) is 39.6. The molecule has 0 aliphatic carbocycles. The van der Waals surface area contributed by atoms with Gasteiger partial charge in [0.05, 0.1) is 13.2 Å². The van der Waals surface area contributed by atoms with Crippen LogP contribution < -0.4 is 0 Å². The molecule has 152 valence electrons. The van der Waals surface area contributed by atoms with E-state index in [1.807, 2.05) is 46.1 Å². The Morgan fingerprint density at radius 1 is 1.07 bits per heavy atom. The first-order valence-corrected chi connectivity index (χ1v) is 9.75. The third kappa shape index (κ3) is 5.21. The van der Waals surface area contributed by atoms with Gasteiger partial charge >= 0.3 is 5.97 Å². The Kier molecular flexibility index (Phi) is 8.25. The number of rotatable bonds is 9. The number of hydrogen-bond donors (Lipinski definition) is 0. The van der Waals surface area contributed by atoms with Gasteiger partial charge in [0, 0.05) is 30.3 Å². The lowest BCUT2D eigenvalue weighted by molar-refractivity contribution is -0.134. The van der Waals surface area contributed by atoms with Crippen molar-refractivity contribution in [2.24, 2.45) is 11.8 Å². The molecule has 0 radical (unpaired) electrons. The van der Waals surface area contributed by atoms with E-state index in [1.54, 1.807) is 18.7 Å². The standard InChI is InChI=1S/C21H34N2O4/c1-9-23-16(8)18(15(7)19(23)21(26)27-10-2)17(24)12-22(11-13(3)4)20(25)14(5)6/h13-14H,9-12H2,1-8H3. The first-order valence-electron chi connectivity index (χ1n) is 9.75. The van der Waals surface area contributed by atoms with Gasteiger partial charge < -0.3 is 14.2 Å². The van der Waals surface area contributed by atoms with Crippen LogP contribution in [-0.4, -0.2) is 46.8 Å². The zero-order valence-electron chi connectivity index (χ0n) is 18.0. The summed E-state index contributed by atoms with van der Waals surface area (Å²) in [5.74, 6) is -0.506. The van der Waals surface area contributed by atoms with E-state index in [0.717, 1.165) is 5.69 Å². The predicted molar refractivity (Wildman–Crippen MR) is 106 cm³/mol. The van der Waals surface area contributed by atoms with Crippen LogP contribution in [0.2, 0.25) is 0 Å². The van der Waals surface area contributed by atoms with Gasteiger partial charge in [-0.25, -0.2) is 4.79 Å². The topological polar surface area (TPSA) is 68.6 Å². The maximum absolute atomic E-state index is 13.1. The fraction of sp³-hybridized carbons (Fsp3) is 0.667. The fourth-order valence-electron chi connectivity index (χ4n) is 3.45. The monoisotopic (exact) mass is 378 g/mol. The largest absolute Gasteiger partial charge is 0.461 e. The second-order valence-electron chi connectivity index (χ2n) is 7.59. The lowest BCUT2D eigenvalue weighted by Crippen LogP contribution is -2.40. The van der Waals surface area contributed by atoms with Crippen molar-refractivity contribution in [3.8, 4) is 0 Å². The SMILES string of the molecule is CCOC(=O)c1c(C)c(C(=O)CN(CC(C)C)C(=O)C(C)C)c(C)n1CC. The van der Waals surface area contributed by atoms with Crippen LogP contribution in [0.3, 0.4) is 0 Å². The van der Waals surface area contributed by atoms with Gasteiger partial charge in [0.2, 0.25) is 5.91 Å². The molecule has 1 aromatic heterocycles. The summed E-state index contributed by atoms with van der Waals surface area (Å²) in [6.07, 6.45) is 0. The average Bonchev–Trinajstić information content (AvgIpc) is 2.83. The van der Waals surface area contributed by atoms with Gasteiger partial charge in [-0.2, -0.15) is 0 Å². The third-order valence-electron chi connectivity index (χ3n) is 4.56. The number of amides is 1. The highest BCUT2D eigenvalue weighted by atomic mass is 16.5. The normalized spacial score (nSPS) is 11.2. The predicted octanol–water partition coefficient (Wildman–Crippen LogP) is 3.62. The van der Waals surface area contributed by atoms with Crippen molar-refractivity contribution >= 4 is 17.7 Å². The Bertz CT molecular complexity index is 702. The van der Waals surface area contributed by atoms with E-state index in [4.69, 9.17) is 4.74 Å². The second kappa shape index (κ2) is 9.72. The smallest absolute Gasteiger partial charge is 0.355 e. The molecule has 1 aromatic rings. The van der Waals surface area contributed by atoms with Crippen molar-refractivity contribution in [1.29, 1.82) is 0 Å². The molecule has 0 N–H and O–H groups in total. The van der Waals surface area contributed by atoms with Crippen LogP contribution >= 0.6 is 0 Å². The van der Waals surface area contributed by atoms with Gasteiger partial charge in [-0.05, 0) is 39.2 Å². The van der Waals surface area contributed by atoms with Crippen LogP contribution in [0.15, 0.2) is 0 Å². The summed E-state index contributed by atoms with van der Waals surface area (Å²) in [5.41, 5.74) is 2.31. The van der Waals surface area contributed by atoms with E-state index in [9.17, 15) is 14.4 Å². The highest BCUT2D eigenvalue weighted by Crippen LogP contribution is 2.24. The summed E-state index contributed by atoms with van der Waals surface area (Å²) in [6, 6.07) is 0. The minimum atomic E-state index is -0.420. The van der Waals surface area contributed by atoms with E-state index >= 15 is 0 Å². The number of hydrogen-bond acceptors (Lipinski definition) is 4. The molecule has 0 aliphatic heterocycles. The van der Waals surface area contributed by atoms with Crippen molar-refractivity contribution in [2.45, 2.75) is 61.9 Å². The van der Waals surface area contributed by atoms with Gasteiger partial charge in [0.1, 0.15) is 5.69 Å². The molecule has 0 bridgehead atoms. The summed E-state index contributed by atoms with van der Waals surface area (Å²) in [7, 11) is 0. The quantitative estimate of drug-likeness (QED) is 0.486. The minimum absolute atomic E-state index is 0.0207. The van der Waals surface area contributed by atoms with Crippen LogP contribution in [0.5, 0.6) is 0 Å². The number of nitrogens with zero attached hydrogens (tertiary/aromatic N) is 2. The molecule has 1 amide bonds. The zero-order valence-corrected chi connectivity index (χ0v) is 18.0. The molecular weight excluding hydrogens is 344 g/mol. The van der Waals surface area contributed by atoms with Crippen molar-refractivity contribution in [1.82, 2.24) is 9.47 Å². The van der Waals surface area contributed by atoms with Gasteiger partial charge in [-0.3, -0.25) is 9.59 Å². The molecule has 0 atom stereocenters. The zero-order chi connectivity index (χ0) is 20.9. The number of carbonyl (C=O) groups is 3. The Morgan fingerprint density at radius 2 is 1.67 bits per heavy atom. The lowest BCUT2D eigenvalue weighted by atomic mass is 10.0. The van der Waals surface area contributed by atoms with Gasteiger partial charge in [0.25, 0.3) is 0 Å². The Morgan fingerprint density at radius 3 is 2.11 bits per heavy atom. The third-order valence-corrected chi connectivity index (χ3v) is 4.56. The van der Waals surface area contributed by atoms with E-state index in [1.165, 1.54) is 0 Å². The number of aromatic nitrogens is 1. The molecule has 27 heavy (non-hydrogen) atoms. The molecule has 0 spiro atoms. The Hall–Kier alpha value is -2.11. The molecule has 0 aromatic carbocycles. The molecule has 1 heterocycles. The first kappa shape index (κ1) is 22.9. The molecule has 6 nitrogen and oxygen atoms in total. The molecule has 0 unspecified atom stereocenters. The molecular formula is C21H34N2O4. The molecule has 0 saturated heterocycles. The highest BCUT2D eigenvalue weighted by molar-refractivity contribution is 6.04. The van der Waals surface area contributed by atoms with Gasteiger partial charge in [0.15, 0.2) is 5.78 Å². The number of esters is 1. The number of carbonyl (C=O) groups excluding carboxylic acids is 3. The van der Waals surface area contributed by atoms with Crippen LogP contribution in [0.25, 0.3) is 0 Å². The van der Waals surface area contributed by atoms with E-state index in [0.29, 0.717) is 29.9 Å². The van der Waals surface area contributed by atoms with Gasteiger partial charge in [-0.1, -0.05) is 27.7 Å². The second-order valence-corrected chi connectivity index (χ2v) is 7.59. The Balaban J connectivity index is 3.29. The van der Waals surface area contributed by atoms with E-state index in [2.05, 4.69) is 0 Å². The number of Topliss-reactive ketones (excluding diaryl/α,β-unsaturated/α-hetero) is 1. The highest BCUT2D eigenvalue weighted by Gasteiger charge is 2.29. The number of ketones is 1. The van der Waals surface area contributed by atoms with Crippen LogP contribution in [-0.2, 0) is 16.1 Å². The van der Waals surface area contributed by atoms with Gasteiger partial charge in [-0.15, -0.1) is 0 Å². The van der Waals surface area contributed by atoms with Crippen molar-refractivity contribution in [2.75, 3.05) is 19.7 Å². The van der Waals surface area contributed by atoms with Crippen molar-refractivity contribution < 1.29 is 19.1 Å². The number of ether oxygens (including phenoxy) is 1. The lowest BCUT2D eigenvalue weighted by Gasteiger charge is -2.26. The first-order chi connectivity index (χ1) is 12.6. The maximum Gasteiger partial charge on any atom is 0.355 e. The average molecular weight is 379 g/mol. The molecule has 0 fully saturated rings. The summed E-state index contributed by atoms with van der Waals surface area (Å²) in [5, 5.41) is 0. The minimum Gasteiger partial charge on any atom is -0.461 e. The van der Waals surface area contributed by atoms with E-state index < -0.39 is 5.97 Å². The van der Waals surface area contributed by atoms with Crippen LogP contribution in [0, 0.1) is 25.7 Å². The molecule has 0 aliphatic rings. The summed E-state index contributed by atoms with van der Waals surface area (Å²) in [6.45, 7) is 16.4. The van der Waals surface area contributed by atoms with Crippen molar-refractivity contribution in [3.05, 3.63) is 22.5 Å². The maximum atomic E-state index is 13.1. The molecule has 1 rings (SSSR count). The fourth-order valence-corrected chi connectivity index (χ4v) is 3.45. The Labute approximate surface area is 162 Å².